The highest BCUT2D eigenvalue weighted by molar-refractivity contribution is 6.31. The third kappa shape index (κ3) is 5.52. The van der Waals surface area contributed by atoms with Gasteiger partial charge < -0.3 is 10.1 Å². The Labute approximate surface area is 161 Å². The molecule has 0 fully saturated rings. The van der Waals surface area contributed by atoms with Crippen molar-refractivity contribution in [3.05, 3.63) is 68.7 Å². The molecule has 1 atom stereocenters. The highest BCUT2D eigenvalue weighted by atomic mass is 35.5. The van der Waals surface area contributed by atoms with Gasteiger partial charge in [0.15, 0.2) is 6.61 Å². The predicted octanol–water partition coefficient (Wildman–Crippen LogP) is 4.56. The number of nitrogens with one attached hydrogen (secondary N) is 1. The molecule has 27 heavy (non-hydrogen) atoms. The van der Waals surface area contributed by atoms with Crippen LogP contribution < -0.4 is 5.32 Å². The van der Waals surface area contributed by atoms with Crippen LogP contribution in [-0.2, 0) is 9.53 Å². The summed E-state index contributed by atoms with van der Waals surface area (Å²) < 4.78 is 4.87. The van der Waals surface area contributed by atoms with E-state index >= 15 is 0 Å². The number of benzene rings is 2. The Morgan fingerprint density at radius 2 is 1.89 bits per heavy atom. The first-order chi connectivity index (χ1) is 12.8. The van der Waals surface area contributed by atoms with E-state index in [2.05, 4.69) is 19.2 Å². The Hall–Kier alpha value is -2.93. The van der Waals surface area contributed by atoms with E-state index in [-0.39, 0.29) is 10.6 Å². The molecule has 0 bridgehead atoms. The summed E-state index contributed by atoms with van der Waals surface area (Å²) in [5, 5.41) is 13.7. The van der Waals surface area contributed by atoms with Crippen LogP contribution in [0.1, 0.15) is 42.1 Å². The van der Waals surface area contributed by atoms with Gasteiger partial charge in [-0.25, -0.2) is 4.79 Å². The van der Waals surface area contributed by atoms with E-state index in [0.29, 0.717) is 11.6 Å². The number of carbonyl (C=O) groups is 2. The maximum Gasteiger partial charge on any atom is 0.345 e. The molecule has 0 radical (unpaired) electrons. The molecule has 0 aliphatic heterocycles. The second kappa shape index (κ2) is 9.14. The quantitative estimate of drug-likeness (QED) is 0.424. The normalized spacial score (nSPS) is 11.5. The van der Waals surface area contributed by atoms with Crippen LogP contribution in [0, 0.1) is 10.1 Å². The number of nitro groups is 1. The van der Waals surface area contributed by atoms with E-state index < -0.39 is 29.1 Å². The maximum atomic E-state index is 12.0. The van der Waals surface area contributed by atoms with Crippen LogP contribution in [-0.4, -0.2) is 23.4 Å². The first kappa shape index (κ1) is 20.4. The third-order valence-electron chi connectivity index (χ3n) is 4.09. The zero-order valence-electron chi connectivity index (χ0n) is 14.9. The van der Waals surface area contributed by atoms with Crippen LogP contribution in [0.2, 0.25) is 5.02 Å². The van der Waals surface area contributed by atoms with E-state index in [4.69, 9.17) is 16.3 Å². The SMILES string of the molecule is CC[C@H](C)c1ccc(NC(=O)COC(=O)c2ccc(Cl)cc2[N+](=O)[O-])cc1. The minimum atomic E-state index is -0.972. The van der Waals surface area contributed by atoms with Crippen molar-refractivity contribution in [1.82, 2.24) is 0 Å². The van der Waals surface area contributed by atoms with Crippen molar-refractivity contribution in [3.63, 3.8) is 0 Å². The number of carbonyl (C=O) groups excluding carboxylic acids is 2. The largest absolute Gasteiger partial charge is 0.452 e. The van der Waals surface area contributed by atoms with E-state index in [1.165, 1.54) is 12.1 Å². The fraction of sp³-hybridized carbons (Fsp3) is 0.263. The van der Waals surface area contributed by atoms with Crippen LogP contribution >= 0.6 is 11.6 Å². The molecule has 0 heterocycles. The van der Waals surface area contributed by atoms with Crippen LogP contribution in [0.4, 0.5) is 11.4 Å². The fourth-order valence-electron chi connectivity index (χ4n) is 2.37. The van der Waals surface area contributed by atoms with Gasteiger partial charge in [-0.3, -0.25) is 14.9 Å². The Kier molecular flexibility index (Phi) is 6.90. The van der Waals surface area contributed by atoms with Crippen molar-refractivity contribution in [2.45, 2.75) is 26.2 Å². The van der Waals surface area contributed by atoms with E-state index in [0.717, 1.165) is 18.1 Å². The highest BCUT2D eigenvalue weighted by Crippen LogP contribution is 2.24. The third-order valence-corrected chi connectivity index (χ3v) is 4.32. The van der Waals surface area contributed by atoms with Crippen molar-refractivity contribution < 1.29 is 19.2 Å². The van der Waals surface area contributed by atoms with Gasteiger partial charge in [-0.15, -0.1) is 0 Å². The molecule has 0 spiro atoms. The molecule has 2 aromatic carbocycles. The molecule has 2 aromatic rings. The summed E-state index contributed by atoms with van der Waals surface area (Å²) in [5.41, 5.74) is 0.987. The number of hydrogen-bond donors (Lipinski definition) is 1. The maximum absolute atomic E-state index is 12.0. The molecule has 1 N–H and O–H groups in total. The molecular weight excluding hydrogens is 372 g/mol. The minimum absolute atomic E-state index is 0.122. The molecule has 0 aliphatic rings. The Bertz CT molecular complexity index is 852. The molecule has 0 saturated heterocycles. The van der Waals surface area contributed by atoms with Crippen LogP contribution in [0.5, 0.6) is 0 Å². The number of halogens is 1. The van der Waals surface area contributed by atoms with E-state index in [1.54, 1.807) is 12.1 Å². The topological polar surface area (TPSA) is 98.5 Å². The summed E-state index contributed by atoms with van der Waals surface area (Å²) in [5.74, 6) is -1.09. The van der Waals surface area contributed by atoms with Gasteiger partial charge in [0, 0.05) is 16.8 Å². The second-order valence-corrected chi connectivity index (χ2v) is 6.41. The molecule has 0 unspecified atom stereocenters. The zero-order chi connectivity index (χ0) is 20.0. The van der Waals surface area contributed by atoms with E-state index in [9.17, 15) is 19.7 Å². The predicted molar refractivity (Wildman–Crippen MR) is 102 cm³/mol. The van der Waals surface area contributed by atoms with Gasteiger partial charge in [0.2, 0.25) is 0 Å². The molecule has 0 saturated carbocycles. The summed E-state index contributed by atoms with van der Waals surface area (Å²) in [6, 6.07) is 11.0. The summed E-state index contributed by atoms with van der Waals surface area (Å²) >= 11 is 5.70. The van der Waals surface area contributed by atoms with Crippen LogP contribution in [0.25, 0.3) is 0 Å². The van der Waals surface area contributed by atoms with Gasteiger partial charge in [0.1, 0.15) is 5.56 Å². The number of hydrogen-bond acceptors (Lipinski definition) is 5. The number of rotatable bonds is 7. The summed E-state index contributed by atoms with van der Waals surface area (Å²) in [4.78, 5) is 34.3. The number of nitro benzene ring substituents is 1. The molecule has 0 aromatic heterocycles. The van der Waals surface area contributed by atoms with Crippen LogP contribution in [0.3, 0.4) is 0 Å². The average Bonchev–Trinajstić information content (AvgIpc) is 2.66. The lowest BCUT2D eigenvalue weighted by molar-refractivity contribution is -0.385. The molecular formula is C19H19ClN2O5. The number of nitrogens with zero attached hydrogens (tertiary/aromatic N) is 1. The fourth-order valence-corrected chi connectivity index (χ4v) is 2.53. The standard InChI is InChI=1S/C19H19ClN2O5/c1-3-12(2)13-4-7-15(8-5-13)21-18(23)11-27-19(24)16-9-6-14(20)10-17(16)22(25)26/h4-10,12H,3,11H2,1-2H3,(H,21,23)/t12-/m0/s1. The number of amides is 1. The van der Waals surface area contributed by atoms with Crippen molar-refractivity contribution in [1.29, 1.82) is 0 Å². The van der Waals surface area contributed by atoms with Gasteiger partial charge in [-0.1, -0.05) is 37.6 Å². The van der Waals surface area contributed by atoms with Crippen molar-refractivity contribution in [2.75, 3.05) is 11.9 Å². The van der Waals surface area contributed by atoms with Gasteiger partial charge in [-0.05, 0) is 42.2 Å². The lowest BCUT2D eigenvalue weighted by atomic mass is 9.99. The molecule has 142 valence electrons. The number of anilines is 1. The molecule has 0 aliphatic carbocycles. The minimum Gasteiger partial charge on any atom is -0.452 e. The molecule has 8 heteroatoms. The van der Waals surface area contributed by atoms with Crippen molar-refractivity contribution in [3.8, 4) is 0 Å². The zero-order valence-corrected chi connectivity index (χ0v) is 15.7. The van der Waals surface area contributed by atoms with Gasteiger partial charge >= 0.3 is 5.97 Å². The molecule has 2 rings (SSSR count). The number of esters is 1. The van der Waals surface area contributed by atoms with E-state index in [1.807, 2.05) is 12.1 Å². The first-order valence-corrected chi connectivity index (χ1v) is 8.70. The highest BCUT2D eigenvalue weighted by Gasteiger charge is 2.22. The van der Waals surface area contributed by atoms with Gasteiger partial charge in [-0.2, -0.15) is 0 Å². The summed E-state index contributed by atoms with van der Waals surface area (Å²) in [7, 11) is 0. The van der Waals surface area contributed by atoms with Gasteiger partial charge in [0.05, 0.1) is 4.92 Å². The number of ether oxygens (including phenoxy) is 1. The Morgan fingerprint density at radius 1 is 1.22 bits per heavy atom. The lowest BCUT2D eigenvalue weighted by Crippen LogP contribution is -2.21. The Morgan fingerprint density at radius 3 is 2.48 bits per heavy atom. The monoisotopic (exact) mass is 390 g/mol. The van der Waals surface area contributed by atoms with Crippen molar-refractivity contribution >= 4 is 34.9 Å². The first-order valence-electron chi connectivity index (χ1n) is 8.32. The molecule has 1 amide bonds. The van der Waals surface area contributed by atoms with Crippen LogP contribution in [0.15, 0.2) is 42.5 Å². The Balaban J connectivity index is 1.96. The van der Waals surface area contributed by atoms with Gasteiger partial charge in [0.25, 0.3) is 11.6 Å². The summed E-state index contributed by atoms with van der Waals surface area (Å²) in [6.07, 6.45) is 1.01. The lowest BCUT2D eigenvalue weighted by Gasteiger charge is -2.11. The summed E-state index contributed by atoms with van der Waals surface area (Å²) in [6.45, 7) is 3.65. The second-order valence-electron chi connectivity index (χ2n) is 5.97. The average molecular weight is 391 g/mol. The van der Waals surface area contributed by atoms with Crippen molar-refractivity contribution in [2.24, 2.45) is 0 Å². The smallest absolute Gasteiger partial charge is 0.345 e. The molecule has 7 nitrogen and oxygen atoms in total.